The molecule has 108 valence electrons. The number of hydrogen-bond donors (Lipinski definition) is 1. The lowest BCUT2D eigenvalue weighted by molar-refractivity contribution is -0.133. The van der Waals surface area contributed by atoms with Crippen LogP contribution in [0, 0.1) is 6.92 Å². The van der Waals surface area contributed by atoms with Crippen LogP contribution in [-0.4, -0.2) is 43.7 Å². The zero-order valence-electron chi connectivity index (χ0n) is 11.3. The van der Waals surface area contributed by atoms with Gasteiger partial charge in [0.2, 0.25) is 5.91 Å². The van der Waals surface area contributed by atoms with Crippen molar-refractivity contribution in [2.45, 2.75) is 26.0 Å². The molecule has 1 aliphatic heterocycles. The lowest BCUT2D eigenvalue weighted by Crippen LogP contribution is -2.41. The number of rotatable bonds is 4. The Balaban J connectivity index is 0.00000180. The summed E-state index contributed by atoms with van der Waals surface area (Å²) in [6.07, 6.45) is 0.492. The standard InChI is InChI=1S/C13H20N2O2S.ClH/c1-10-3-6-18-12(10)9-15(2)13(16)7-11-8-14-4-5-17-11;/h3,6,11,14H,4-5,7-9H2,1-2H3;1H. The molecule has 2 rings (SSSR count). The largest absolute Gasteiger partial charge is 0.375 e. The Labute approximate surface area is 124 Å². The number of aryl methyl sites for hydroxylation is 1. The van der Waals surface area contributed by atoms with Gasteiger partial charge in [-0.25, -0.2) is 0 Å². The summed E-state index contributed by atoms with van der Waals surface area (Å²) in [5, 5.41) is 5.31. The first-order chi connectivity index (χ1) is 8.66. The van der Waals surface area contributed by atoms with E-state index in [4.69, 9.17) is 4.74 Å². The quantitative estimate of drug-likeness (QED) is 0.922. The number of nitrogens with one attached hydrogen (secondary N) is 1. The third-order valence-electron chi connectivity index (χ3n) is 3.18. The number of morpholine rings is 1. The van der Waals surface area contributed by atoms with Gasteiger partial charge >= 0.3 is 0 Å². The van der Waals surface area contributed by atoms with Gasteiger partial charge in [0.05, 0.1) is 25.7 Å². The highest BCUT2D eigenvalue weighted by atomic mass is 35.5. The van der Waals surface area contributed by atoms with Gasteiger partial charge in [-0.15, -0.1) is 23.7 Å². The number of carbonyl (C=O) groups is 1. The van der Waals surface area contributed by atoms with Gasteiger partial charge in [-0.1, -0.05) is 0 Å². The van der Waals surface area contributed by atoms with E-state index < -0.39 is 0 Å². The van der Waals surface area contributed by atoms with Crippen molar-refractivity contribution in [1.82, 2.24) is 10.2 Å². The molecule has 0 aliphatic carbocycles. The van der Waals surface area contributed by atoms with Crippen LogP contribution < -0.4 is 5.32 Å². The summed E-state index contributed by atoms with van der Waals surface area (Å²) in [7, 11) is 1.86. The Hall–Kier alpha value is -0.620. The molecule has 1 unspecified atom stereocenters. The van der Waals surface area contributed by atoms with Gasteiger partial charge in [0.25, 0.3) is 0 Å². The van der Waals surface area contributed by atoms with E-state index in [1.165, 1.54) is 10.4 Å². The first kappa shape index (κ1) is 16.4. The van der Waals surface area contributed by atoms with E-state index in [1.54, 1.807) is 16.2 Å². The average molecular weight is 305 g/mol. The molecule has 1 aliphatic rings. The molecule has 2 heterocycles. The summed E-state index contributed by atoms with van der Waals surface area (Å²) >= 11 is 1.70. The second-order valence-electron chi connectivity index (χ2n) is 4.68. The Morgan fingerprint density at radius 1 is 1.63 bits per heavy atom. The van der Waals surface area contributed by atoms with Crippen LogP contribution in [0.1, 0.15) is 16.9 Å². The topological polar surface area (TPSA) is 41.6 Å². The van der Waals surface area contributed by atoms with E-state index >= 15 is 0 Å². The van der Waals surface area contributed by atoms with Crippen LogP contribution >= 0.6 is 23.7 Å². The molecule has 0 radical (unpaired) electrons. The van der Waals surface area contributed by atoms with E-state index in [0.29, 0.717) is 19.6 Å². The fourth-order valence-corrected chi connectivity index (χ4v) is 2.93. The highest BCUT2D eigenvalue weighted by molar-refractivity contribution is 7.10. The van der Waals surface area contributed by atoms with Crippen molar-refractivity contribution in [3.05, 3.63) is 21.9 Å². The van der Waals surface area contributed by atoms with E-state index in [0.717, 1.165) is 13.1 Å². The molecule has 1 atom stereocenters. The molecule has 19 heavy (non-hydrogen) atoms. The molecule has 0 saturated carbocycles. The molecule has 1 aromatic heterocycles. The van der Waals surface area contributed by atoms with Crippen LogP contribution in [0.3, 0.4) is 0 Å². The third kappa shape index (κ3) is 4.76. The molecule has 1 fully saturated rings. The van der Waals surface area contributed by atoms with Gasteiger partial charge in [-0.2, -0.15) is 0 Å². The molecule has 1 saturated heterocycles. The minimum atomic E-state index is 0. The van der Waals surface area contributed by atoms with E-state index in [1.807, 2.05) is 7.05 Å². The Kier molecular flexibility index (Phi) is 6.79. The fraction of sp³-hybridized carbons (Fsp3) is 0.615. The number of amides is 1. The molecule has 0 spiro atoms. The van der Waals surface area contributed by atoms with E-state index in [2.05, 4.69) is 23.7 Å². The molecule has 1 aromatic rings. The first-order valence-corrected chi connectivity index (χ1v) is 7.14. The monoisotopic (exact) mass is 304 g/mol. The minimum absolute atomic E-state index is 0. The maximum absolute atomic E-state index is 12.1. The molecule has 4 nitrogen and oxygen atoms in total. The molecule has 1 amide bonds. The summed E-state index contributed by atoms with van der Waals surface area (Å²) in [6, 6.07) is 2.09. The minimum Gasteiger partial charge on any atom is -0.375 e. The van der Waals surface area contributed by atoms with E-state index in [-0.39, 0.29) is 24.4 Å². The smallest absolute Gasteiger partial charge is 0.225 e. The van der Waals surface area contributed by atoms with E-state index in [9.17, 15) is 4.79 Å². The lowest BCUT2D eigenvalue weighted by atomic mass is 10.2. The summed E-state index contributed by atoms with van der Waals surface area (Å²) in [4.78, 5) is 15.1. The summed E-state index contributed by atoms with van der Waals surface area (Å²) in [5.41, 5.74) is 1.26. The summed E-state index contributed by atoms with van der Waals surface area (Å²) < 4.78 is 5.55. The lowest BCUT2D eigenvalue weighted by Gasteiger charge is -2.25. The van der Waals surface area contributed by atoms with Gasteiger partial charge in [0, 0.05) is 25.0 Å². The maximum Gasteiger partial charge on any atom is 0.225 e. The molecule has 0 aromatic carbocycles. The van der Waals surface area contributed by atoms with Crippen LogP contribution in [0.4, 0.5) is 0 Å². The predicted molar refractivity (Wildman–Crippen MR) is 80.0 cm³/mol. The van der Waals surface area contributed by atoms with Crippen molar-refractivity contribution in [1.29, 1.82) is 0 Å². The number of halogens is 1. The van der Waals surface area contributed by atoms with Crippen molar-refractivity contribution >= 4 is 29.7 Å². The molecule has 1 N–H and O–H groups in total. The van der Waals surface area contributed by atoms with Crippen LogP contribution in [0.5, 0.6) is 0 Å². The van der Waals surface area contributed by atoms with Crippen molar-refractivity contribution in [3.8, 4) is 0 Å². The van der Waals surface area contributed by atoms with Crippen LogP contribution in [0.25, 0.3) is 0 Å². The molecular weight excluding hydrogens is 284 g/mol. The number of hydrogen-bond acceptors (Lipinski definition) is 4. The predicted octanol–water partition coefficient (Wildman–Crippen LogP) is 1.82. The first-order valence-electron chi connectivity index (χ1n) is 6.26. The van der Waals surface area contributed by atoms with Gasteiger partial charge in [0.15, 0.2) is 0 Å². The average Bonchev–Trinajstić information content (AvgIpc) is 2.76. The summed E-state index contributed by atoms with van der Waals surface area (Å²) in [6.45, 7) is 5.14. The van der Waals surface area contributed by atoms with Crippen molar-refractivity contribution in [2.24, 2.45) is 0 Å². The second kappa shape index (κ2) is 7.85. The highest BCUT2D eigenvalue weighted by Gasteiger charge is 2.20. The van der Waals surface area contributed by atoms with Gasteiger partial charge in [-0.05, 0) is 23.9 Å². The SMILES string of the molecule is Cc1ccsc1CN(C)C(=O)CC1CNCCO1.Cl. The Morgan fingerprint density at radius 3 is 3.00 bits per heavy atom. The van der Waals surface area contributed by atoms with Crippen LogP contribution in [-0.2, 0) is 16.1 Å². The molecule has 0 bridgehead atoms. The number of ether oxygens (including phenoxy) is 1. The van der Waals surface area contributed by atoms with Gasteiger partial charge in [0.1, 0.15) is 0 Å². The van der Waals surface area contributed by atoms with Crippen molar-refractivity contribution in [2.75, 3.05) is 26.7 Å². The zero-order chi connectivity index (χ0) is 13.0. The molecular formula is C13H21ClN2O2S. The highest BCUT2D eigenvalue weighted by Crippen LogP contribution is 2.17. The number of carbonyl (C=O) groups excluding carboxylic acids is 1. The van der Waals surface area contributed by atoms with Gasteiger partial charge in [-0.3, -0.25) is 4.79 Å². The molecule has 6 heteroatoms. The zero-order valence-corrected chi connectivity index (χ0v) is 13.0. The second-order valence-corrected chi connectivity index (χ2v) is 5.68. The third-order valence-corrected chi connectivity index (χ3v) is 4.19. The Bertz CT molecular complexity index is 405. The fourth-order valence-electron chi connectivity index (χ4n) is 1.97. The number of thiophene rings is 1. The van der Waals surface area contributed by atoms with Crippen molar-refractivity contribution < 1.29 is 9.53 Å². The van der Waals surface area contributed by atoms with Crippen LogP contribution in [0.2, 0.25) is 0 Å². The summed E-state index contributed by atoms with van der Waals surface area (Å²) in [5.74, 6) is 0.150. The normalized spacial score (nSPS) is 18.7. The van der Waals surface area contributed by atoms with Gasteiger partial charge < -0.3 is 15.0 Å². The Morgan fingerprint density at radius 2 is 2.42 bits per heavy atom. The van der Waals surface area contributed by atoms with Crippen LogP contribution in [0.15, 0.2) is 11.4 Å². The number of nitrogens with zero attached hydrogens (tertiary/aromatic N) is 1. The van der Waals surface area contributed by atoms with Crippen molar-refractivity contribution in [3.63, 3.8) is 0 Å². The maximum atomic E-state index is 12.1.